The van der Waals surface area contributed by atoms with Crippen LogP contribution in [0.15, 0.2) is 24.3 Å². The average molecular weight is 443 g/mol. The zero-order valence-corrected chi connectivity index (χ0v) is 13.9. The largest absolute Gasteiger partial charge is 0.465 e. The summed E-state index contributed by atoms with van der Waals surface area (Å²) in [5.74, 6) is -17.3. The second-order valence-electron chi connectivity index (χ2n) is 5.54. The number of carbonyl (C=O) groups is 2. The first-order chi connectivity index (χ1) is 13.0. The Labute approximate surface area is 155 Å². The number of benzene rings is 1. The molecule has 0 saturated heterocycles. The van der Waals surface area contributed by atoms with Crippen molar-refractivity contribution in [1.29, 1.82) is 0 Å². The van der Waals surface area contributed by atoms with Gasteiger partial charge in [-0.15, -0.1) is 0 Å². The molecule has 1 aromatic rings. The van der Waals surface area contributed by atoms with Crippen molar-refractivity contribution in [3.63, 3.8) is 0 Å². The molecule has 1 amide bonds. The predicted molar refractivity (Wildman–Crippen MR) is 75.4 cm³/mol. The van der Waals surface area contributed by atoms with Crippen LogP contribution in [0.2, 0.25) is 0 Å². The Kier molecular flexibility index (Phi) is 7.14. The molecule has 0 radical (unpaired) electrons. The van der Waals surface area contributed by atoms with Crippen molar-refractivity contribution in [1.82, 2.24) is 5.32 Å². The molecule has 0 heterocycles. The maximum Gasteiger partial charge on any atom is 0.465 e. The van der Waals surface area contributed by atoms with Crippen molar-refractivity contribution in [2.24, 2.45) is 0 Å². The molecule has 1 N–H and O–H groups in total. The number of amides is 1. The Bertz CT molecular complexity index is 725. The van der Waals surface area contributed by atoms with E-state index in [2.05, 4.69) is 4.74 Å². The maximum atomic E-state index is 12.8. The van der Waals surface area contributed by atoms with Crippen molar-refractivity contribution in [3.8, 4) is 5.75 Å². The van der Waals surface area contributed by atoms with Gasteiger partial charge in [-0.05, 0) is 30.5 Å². The molecule has 1 rings (SSSR count). The van der Waals surface area contributed by atoms with Crippen LogP contribution in [-0.2, 0) is 16.0 Å². The van der Waals surface area contributed by atoms with Gasteiger partial charge in [0.15, 0.2) is 0 Å². The number of alkyl halides is 10. The van der Waals surface area contributed by atoms with Crippen LogP contribution in [0.25, 0.3) is 0 Å². The Hall–Kier alpha value is -2.54. The minimum atomic E-state index is -6.14. The summed E-state index contributed by atoms with van der Waals surface area (Å²) in [7, 11) is 0. The number of esters is 1. The molecule has 0 bridgehead atoms. The third-order valence-electron chi connectivity index (χ3n) is 3.32. The summed E-state index contributed by atoms with van der Waals surface area (Å²) in [4.78, 5) is 21.8. The van der Waals surface area contributed by atoms with E-state index in [4.69, 9.17) is 0 Å². The van der Waals surface area contributed by atoms with Gasteiger partial charge in [-0.3, -0.25) is 4.79 Å². The highest BCUT2D eigenvalue weighted by Gasteiger charge is 2.65. The third-order valence-corrected chi connectivity index (χ3v) is 3.32. The van der Waals surface area contributed by atoms with E-state index >= 15 is 0 Å². The first-order valence-electron chi connectivity index (χ1n) is 7.48. The van der Waals surface area contributed by atoms with Crippen molar-refractivity contribution in [3.05, 3.63) is 29.8 Å². The van der Waals surface area contributed by atoms with E-state index in [0.717, 1.165) is 24.3 Å². The van der Waals surface area contributed by atoms with Crippen LogP contribution in [0.1, 0.15) is 12.0 Å². The van der Waals surface area contributed by atoms with Crippen molar-refractivity contribution in [2.75, 3.05) is 6.54 Å². The van der Waals surface area contributed by atoms with Crippen LogP contribution in [0.4, 0.5) is 43.9 Å². The molecule has 0 aliphatic carbocycles. The van der Waals surface area contributed by atoms with E-state index in [1.807, 2.05) is 0 Å². The second kappa shape index (κ2) is 8.45. The standard InChI is InChI=1S/C15H11F10NO3/c16-12(17,14(20,21)22)10(27)26-7-1-2-8-3-5-9(6-4-8)29-11(28)13(18,19)15(23,24)25/h3-6H,1-2,7H2,(H,26,27). The van der Waals surface area contributed by atoms with E-state index in [1.54, 1.807) is 0 Å². The molecule has 0 spiro atoms. The van der Waals surface area contributed by atoms with E-state index in [0.29, 0.717) is 5.56 Å². The summed E-state index contributed by atoms with van der Waals surface area (Å²) in [6.07, 6.45) is -12.3. The molecule has 14 heteroatoms. The summed E-state index contributed by atoms with van der Waals surface area (Å²) in [5, 5.41) is 1.40. The Balaban J connectivity index is 2.54. The van der Waals surface area contributed by atoms with Crippen LogP contribution in [-0.4, -0.2) is 42.6 Å². The first-order valence-corrected chi connectivity index (χ1v) is 7.48. The van der Waals surface area contributed by atoms with Gasteiger partial charge >= 0.3 is 30.2 Å². The molecular weight excluding hydrogens is 432 g/mol. The van der Waals surface area contributed by atoms with Crippen LogP contribution in [0.5, 0.6) is 5.75 Å². The lowest BCUT2D eigenvalue weighted by atomic mass is 10.1. The molecule has 0 atom stereocenters. The lowest BCUT2D eigenvalue weighted by molar-refractivity contribution is -0.276. The number of aryl methyl sites for hydroxylation is 1. The molecule has 0 aliphatic heterocycles. The number of carbonyl (C=O) groups excluding carboxylic acids is 2. The van der Waals surface area contributed by atoms with Crippen molar-refractivity contribution >= 4 is 11.9 Å². The highest BCUT2D eigenvalue weighted by Crippen LogP contribution is 2.37. The fraction of sp³-hybridized carbons (Fsp3) is 0.467. The third kappa shape index (κ3) is 5.97. The molecule has 1 aromatic carbocycles. The Morgan fingerprint density at radius 1 is 0.793 bits per heavy atom. The van der Waals surface area contributed by atoms with Gasteiger partial charge in [0.1, 0.15) is 5.75 Å². The minimum absolute atomic E-state index is 0.00477. The molecule has 0 unspecified atom stereocenters. The fourth-order valence-electron chi connectivity index (χ4n) is 1.75. The van der Waals surface area contributed by atoms with Gasteiger partial charge in [0.2, 0.25) is 0 Å². The van der Waals surface area contributed by atoms with Crippen molar-refractivity contribution < 1.29 is 58.2 Å². The van der Waals surface area contributed by atoms with E-state index in [-0.39, 0.29) is 12.8 Å². The van der Waals surface area contributed by atoms with Crippen LogP contribution in [0.3, 0.4) is 0 Å². The number of ether oxygens (including phenoxy) is 1. The van der Waals surface area contributed by atoms with Gasteiger partial charge in [-0.1, -0.05) is 12.1 Å². The number of hydrogen-bond acceptors (Lipinski definition) is 3. The highest BCUT2D eigenvalue weighted by atomic mass is 19.4. The smallest absolute Gasteiger partial charge is 0.422 e. The molecule has 4 nitrogen and oxygen atoms in total. The summed E-state index contributed by atoms with van der Waals surface area (Å²) in [6, 6.07) is 3.99. The molecule has 0 aliphatic rings. The molecule has 0 saturated carbocycles. The fourth-order valence-corrected chi connectivity index (χ4v) is 1.75. The summed E-state index contributed by atoms with van der Waals surface area (Å²) >= 11 is 0. The van der Waals surface area contributed by atoms with Gasteiger partial charge in [-0.2, -0.15) is 43.9 Å². The summed E-state index contributed by atoms with van der Waals surface area (Å²) < 4.78 is 127. The average Bonchev–Trinajstić information content (AvgIpc) is 2.57. The molecular formula is C15H11F10NO3. The number of rotatable bonds is 7. The summed E-state index contributed by atoms with van der Waals surface area (Å²) in [6.45, 7) is -0.557. The topological polar surface area (TPSA) is 55.4 Å². The maximum absolute atomic E-state index is 12.8. The second-order valence-corrected chi connectivity index (χ2v) is 5.54. The lowest BCUT2D eigenvalue weighted by Gasteiger charge is -2.18. The highest BCUT2D eigenvalue weighted by molar-refractivity contribution is 5.84. The normalized spacial score (nSPS) is 13.2. The van der Waals surface area contributed by atoms with Gasteiger partial charge in [0.25, 0.3) is 5.91 Å². The van der Waals surface area contributed by atoms with Gasteiger partial charge in [0, 0.05) is 6.54 Å². The quantitative estimate of drug-likeness (QED) is 0.300. The molecule has 0 aromatic heterocycles. The Morgan fingerprint density at radius 2 is 1.28 bits per heavy atom. The van der Waals surface area contributed by atoms with Gasteiger partial charge < -0.3 is 10.1 Å². The van der Waals surface area contributed by atoms with E-state index < -0.39 is 48.4 Å². The van der Waals surface area contributed by atoms with Gasteiger partial charge in [-0.25, -0.2) is 4.79 Å². The summed E-state index contributed by atoms with van der Waals surface area (Å²) in [5.41, 5.74) is 0.337. The minimum Gasteiger partial charge on any atom is -0.422 e. The van der Waals surface area contributed by atoms with E-state index in [9.17, 15) is 53.5 Å². The Morgan fingerprint density at radius 3 is 1.72 bits per heavy atom. The van der Waals surface area contributed by atoms with Crippen LogP contribution >= 0.6 is 0 Å². The zero-order chi connectivity index (χ0) is 22.7. The molecule has 164 valence electrons. The van der Waals surface area contributed by atoms with Crippen molar-refractivity contribution in [2.45, 2.75) is 37.0 Å². The first kappa shape index (κ1) is 24.5. The number of hydrogen-bond donors (Lipinski definition) is 1. The van der Waals surface area contributed by atoms with E-state index in [1.165, 1.54) is 5.32 Å². The van der Waals surface area contributed by atoms with Gasteiger partial charge in [0.05, 0.1) is 0 Å². The molecule has 0 fully saturated rings. The van der Waals surface area contributed by atoms with Crippen LogP contribution < -0.4 is 10.1 Å². The zero-order valence-electron chi connectivity index (χ0n) is 13.9. The SMILES string of the molecule is O=C(NCCCc1ccc(OC(=O)C(F)(F)C(F)(F)F)cc1)C(F)(F)C(F)(F)F. The number of nitrogens with one attached hydrogen (secondary N) is 1. The predicted octanol–water partition coefficient (Wildman–Crippen LogP) is 4.04. The number of halogens is 10. The lowest BCUT2D eigenvalue weighted by Crippen LogP contribution is -2.50. The molecule has 29 heavy (non-hydrogen) atoms. The van der Waals surface area contributed by atoms with Crippen LogP contribution in [0, 0.1) is 0 Å². The monoisotopic (exact) mass is 443 g/mol.